The van der Waals surface area contributed by atoms with E-state index in [0.29, 0.717) is 23.9 Å². The first-order chi connectivity index (χ1) is 11.1. The van der Waals surface area contributed by atoms with Gasteiger partial charge < -0.3 is 9.84 Å². The summed E-state index contributed by atoms with van der Waals surface area (Å²) in [6, 6.07) is 9.48. The minimum absolute atomic E-state index is 0.0297. The lowest BCUT2D eigenvalue weighted by Gasteiger charge is -2.11. The van der Waals surface area contributed by atoms with Crippen LogP contribution < -0.4 is 4.74 Å². The lowest BCUT2D eigenvalue weighted by molar-refractivity contribution is 0.0698. The van der Waals surface area contributed by atoms with Crippen molar-refractivity contribution in [2.45, 2.75) is 13.3 Å². The van der Waals surface area contributed by atoms with Crippen molar-refractivity contribution >= 4 is 23.2 Å². The molecule has 7 heteroatoms. The monoisotopic (exact) mass is 331 g/mol. The smallest absolute Gasteiger partial charge is 0.341 e. The first-order valence-corrected chi connectivity index (χ1v) is 7.39. The van der Waals surface area contributed by atoms with Crippen LogP contribution in [0, 0.1) is 6.92 Å². The van der Waals surface area contributed by atoms with Gasteiger partial charge in [0.1, 0.15) is 16.5 Å². The van der Waals surface area contributed by atoms with Gasteiger partial charge in [-0.2, -0.15) is 5.10 Å². The van der Waals surface area contributed by atoms with Gasteiger partial charge in [-0.15, -0.1) is 0 Å². The standard InChI is InChI=1S/C16H14ClN3O3/c1-10-12(7-8-23-11-5-3-2-4-6-11)14(17)20-15(19-10)13(9-18-20)16(21)22/h2-6,9H,7-8H2,1H3,(H,21,22). The van der Waals surface area contributed by atoms with Crippen LogP contribution in [0.5, 0.6) is 5.75 Å². The number of carboxylic acid groups (broad SMARTS) is 1. The van der Waals surface area contributed by atoms with Gasteiger partial charge in [-0.05, 0) is 19.1 Å². The van der Waals surface area contributed by atoms with Gasteiger partial charge in [0.2, 0.25) is 0 Å². The number of halogens is 1. The molecule has 0 saturated heterocycles. The van der Waals surface area contributed by atoms with Crippen molar-refractivity contribution in [2.24, 2.45) is 0 Å². The van der Waals surface area contributed by atoms with E-state index in [-0.39, 0.29) is 11.2 Å². The molecule has 0 aliphatic rings. The second kappa shape index (κ2) is 6.26. The fraction of sp³-hybridized carbons (Fsp3) is 0.188. The van der Waals surface area contributed by atoms with E-state index in [2.05, 4.69) is 10.1 Å². The number of rotatable bonds is 5. The van der Waals surface area contributed by atoms with Gasteiger partial charge in [-0.25, -0.2) is 14.3 Å². The van der Waals surface area contributed by atoms with E-state index in [1.165, 1.54) is 10.7 Å². The van der Waals surface area contributed by atoms with Crippen LogP contribution in [0.4, 0.5) is 0 Å². The second-order valence-corrected chi connectivity index (χ2v) is 5.33. The van der Waals surface area contributed by atoms with E-state index in [4.69, 9.17) is 21.4 Å². The van der Waals surface area contributed by atoms with Gasteiger partial charge >= 0.3 is 5.97 Å². The summed E-state index contributed by atoms with van der Waals surface area (Å²) in [5, 5.41) is 13.5. The molecule has 23 heavy (non-hydrogen) atoms. The van der Waals surface area contributed by atoms with Crippen LogP contribution in [-0.2, 0) is 6.42 Å². The molecule has 3 aromatic rings. The molecule has 1 aromatic carbocycles. The van der Waals surface area contributed by atoms with Crippen molar-refractivity contribution in [2.75, 3.05) is 6.61 Å². The van der Waals surface area contributed by atoms with Gasteiger partial charge in [-0.3, -0.25) is 0 Å². The average molecular weight is 332 g/mol. The molecule has 0 fully saturated rings. The maximum atomic E-state index is 11.2. The molecule has 0 saturated carbocycles. The summed E-state index contributed by atoms with van der Waals surface area (Å²) in [4.78, 5) is 15.5. The van der Waals surface area contributed by atoms with E-state index in [1.807, 2.05) is 30.3 Å². The Labute approximate surface area is 137 Å². The molecule has 0 amide bonds. The molecule has 0 atom stereocenters. The second-order valence-electron chi connectivity index (χ2n) is 4.98. The number of para-hydroxylation sites is 1. The summed E-state index contributed by atoms with van der Waals surface area (Å²) in [7, 11) is 0. The summed E-state index contributed by atoms with van der Waals surface area (Å²) in [6.45, 7) is 2.23. The Bertz CT molecular complexity index is 862. The molecule has 2 heterocycles. The summed E-state index contributed by atoms with van der Waals surface area (Å²) < 4.78 is 7.01. The zero-order chi connectivity index (χ0) is 16.4. The van der Waals surface area contributed by atoms with Gasteiger partial charge in [0.15, 0.2) is 5.65 Å². The summed E-state index contributed by atoms with van der Waals surface area (Å²) in [6.07, 6.45) is 1.80. The van der Waals surface area contributed by atoms with Crippen LogP contribution in [0.3, 0.4) is 0 Å². The molecule has 1 N–H and O–H groups in total. The van der Waals surface area contributed by atoms with Crippen molar-refractivity contribution in [3.63, 3.8) is 0 Å². The number of fused-ring (bicyclic) bond motifs is 1. The molecule has 3 rings (SSSR count). The first-order valence-electron chi connectivity index (χ1n) is 7.02. The van der Waals surface area contributed by atoms with Crippen molar-refractivity contribution < 1.29 is 14.6 Å². The van der Waals surface area contributed by atoms with Gasteiger partial charge in [0.25, 0.3) is 0 Å². The highest BCUT2D eigenvalue weighted by atomic mass is 35.5. The topological polar surface area (TPSA) is 76.7 Å². The highest BCUT2D eigenvalue weighted by Crippen LogP contribution is 2.23. The largest absolute Gasteiger partial charge is 0.493 e. The minimum Gasteiger partial charge on any atom is -0.493 e. The molecule has 2 aromatic heterocycles. The lowest BCUT2D eigenvalue weighted by atomic mass is 10.2. The van der Waals surface area contributed by atoms with Crippen LogP contribution in [-0.4, -0.2) is 32.3 Å². The quantitative estimate of drug-likeness (QED) is 0.727. The van der Waals surface area contributed by atoms with Crippen molar-refractivity contribution in [3.8, 4) is 5.75 Å². The maximum Gasteiger partial charge on any atom is 0.341 e. The Kier molecular flexibility index (Phi) is 4.16. The molecule has 6 nitrogen and oxygen atoms in total. The third-order valence-electron chi connectivity index (χ3n) is 3.48. The average Bonchev–Trinajstić information content (AvgIpc) is 2.95. The number of ether oxygens (including phenoxy) is 1. The Morgan fingerprint density at radius 2 is 2.09 bits per heavy atom. The number of carbonyl (C=O) groups is 1. The molecular formula is C16H14ClN3O3. The number of carboxylic acids is 1. The number of benzene rings is 1. The molecule has 0 unspecified atom stereocenters. The van der Waals surface area contributed by atoms with Crippen molar-refractivity contribution in [3.05, 3.63) is 58.5 Å². The van der Waals surface area contributed by atoms with Gasteiger partial charge in [-0.1, -0.05) is 29.8 Å². The molecular weight excluding hydrogens is 318 g/mol. The van der Waals surface area contributed by atoms with Crippen LogP contribution in [0.1, 0.15) is 21.6 Å². The molecule has 0 aliphatic heterocycles. The highest BCUT2D eigenvalue weighted by molar-refractivity contribution is 6.30. The minimum atomic E-state index is -1.08. The molecule has 0 spiro atoms. The number of hydrogen-bond donors (Lipinski definition) is 1. The number of hydrogen-bond acceptors (Lipinski definition) is 4. The van der Waals surface area contributed by atoms with Crippen LogP contribution >= 0.6 is 11.6 Å². The number of aromatic nitrogens is 3. The Morgan fingerprint density at radius 3 is 2.78 bits per heavy atom. The fourth-order valence-electron chi connectivity index (χ4n) is 2.32. The fourth-order valence-corrected chi connectivity index (χ4v) is 2.67. The lowest BCUT2D eigenvalue weighted by Crippen LogP contribution is -2.08. The summed E-state index contributed by atoms with van der Waals surface area (Å²) in [5.41, 5.74) is 1.73. The van der Waals surface area contributed by atoms with Crippen molar-refractivity contribution in [1.82, 2.24) is 14.6 Å². The number of nitrogens with zero attached hydrogens (tertiary/aromatic N) is 3. The van der Waals surface area contributed by atoms with E-state index in [9.17, 15) is 4.79 Å². The van der Waals surface area contributed by atoms with E-state index >= 15 is 0 Å². The predicted octanol–water partition coefficient (Wildman–Crippen LogP) is 3.01. The normalized spacial score (nSPS) is 10.9. The van der Waals surface area contributed by atoms with Gasteiger partial charge in [0, 0.05) is 17.7 Å². The zero-order valence-corrected chi connectivity index (χ0v) is 13.1. The molecule has 0 aliphatic carbocycles. The van der Waals surface area contributed by atoms with Crippen molar-refractivity contribution in [1.29, 1.82) is 0 Å². The van der Waals surface area contributed by atoms with Crippen LogP contribution in [0.25, 0.3) is 5.65 Å². The molecule has 0 bridgehead atoms. The summed E-state index contributed by atoms with van der Waals surface area (Å²) in [5.74, 6) is -0.300. The van der Waals surface area contributed by atoms with Crippen LogP contribution in [0.15, 0.2) is 36.5 Å². The zero-order valence-electron chi connectivity index (χ0n) is 12.4. The van der Waals surface area contributed by atoms with E-state index < -0.39 is 5.97 Å². The third-order valence-corrected chi connectivity index (χ3v) is 3.87. The number of aryl methyl sites for hydroxylation is 1. The predicted molar refractivity (Wildman–Crippen MR) is 85.3 cm³/mol. The van der Waals surface area contributed by atoms with Gasteiger partial charge in [0.05, 0.1) is 12.8 Å². The maximum absolute atomic E-state index is 11.2. The summed E-state index contributed by atoms with van der Waals surface area (Å²) >= 11 is 6.36. The SMILES string of the molecule is Cc1nc2c(C(=O)O)cnn2c(Cl)c1CCOc1ccccc1. The third kappa shape index (κ3) is 2.98. The highest BCUT2D eigenvalue weighted by Gasteiger charge is 2.18. The van der Waals surface area contributed by atoms with Crippen LogP contribution in [0.2, 0.25) is 5.15 Å². The Hall–Kier alpha value is -2.60. The van der Waals surface area contributed by atoms with E-state index in [1.54, 1.807) is 6.92 Å². The number of aromatic carboxylic acids is 1. The Balaban J connectivity index is 1.85. The molecule has 118 valence electrons. The Morgan fingerprint density at radius 1 is 1.35 bits per heavy atom. The van der Waals surface area contributed by atoms with E-state index in [0.717, 1.165) is 11.3 Å². The first kappa shape index (κ1) is 15.3. The molecule has 0 radical (unpaired) electrons.